The first-order chi connectivity index (χ1) is 11.1. The molecule has 4 heteroatoms. The summed E-state index contributed by atoms with van der Waals surface area (Å²) < 4.78 is 1.14. The fourth-order valence-corrected chi connectivity index (χ4v) is 3.85. The molecule has 0 unspecified atom stereocenters. The van der Waals surface area contributed by atoms with Crippen LogP contribution >= 0.6 is 11.3 Å². The maximum absolute atomic E-state index is 12.4. The first-order valence-corrected chi connectivity index (χ1v) is 8.62. The van der Waals surface area contributed by atoms with Crippen LogP contribution in [0.3, 0.4) is 0 Å². The molecule has 0 N–H and O–H groups in total. The number of fused-ring (bicyclic) bond motifs is 1. The third-order valence-corrected chi connectivity index (χ3v) is 4.86. The van der Waals surface area contributed by atoms with Gasteiger partial charge in [0.15, 0.2) is 5.13 Å². The van der Waals surface area contributed by atoms with Crippen molar-refractivity contribution < 1.29 is 4.79 Å². The van der Waals surface area contributed by atoms with Gasteiger partial charge in [-0.15, -0.1) is 0 Å². The van der Waals surface area contributed by atoms with E-state index in [0.717, 1.165) is 26.5 Å². The molecule has 23 heavy (non-hydrogen) atoms. The summed E-state index contributed by atoms with van der Waals surface area (Å²) in [7, 11) is 0. The number of carbonyl (C=O) groups is 1. The van der Waals surface area contributed by atoms with Crippen LogP contribution in [0, 0.1) is 13.8 Å². The zero-order valence-electron chi connectivity index (χ0n) is 13.7. The molecule has 0 saturated carbocycles. The molecular weight excluding hydrogens is 304 g/mol. The summed E-state index contributed by atoms with van der Waals surface area (Å²) in [5.41, 5.74) is 4.49. The lowest BCUT2D eigenvalue weighted by Crippen LogP contribution is -2.29. The zero-order chi connectivity index (χ0) is 16.4. The Labute approximate surface area is 140 Å². The van der Waals surface area contributed by atoms with E-state index in [-0.39, 0.29) is 5.91 Å². The van der Waals surface area contributed by atoms with Crippen molar-refractivity contribution in [3.8, 4) is 0 Å². The minimum absolute atomic E-state index is 0.0993. The average Bonchev–Trinajstić information content (AvgIpc) is 2.97. The summed E-state index contributed by atoms with van der Waals surface area (Å²) in [6, 6.07) is 14.3. The Balaban J connectivity index is 2.03. The maximum atomic E-state index is 12.4. The van der Waals surface area contributed by atoms with Gasteiger partial charge < -0.3 is 0 Å². The zero-order valence-corrected chi connectivity index (χ0v) is 14.5. The lowest BCUT2D eigenvalue weighted by Gasteiger charge is -2.19. The van der Waals surface area contributed by atoms with Crippen molar-refractivity contribution >= 4 is 32.6 Å². The second-order valence-corrected chi connectivity index (χ2v) is 6.75. The molecule has 1 aromatic heterocycles. The van der Waals surface area contributed by atoms with Crippen LogP contribution in [0.4, 0.5) is 5.13 Å². The predicted octanol–water partition coefficient (Wildman–Crippen LogP) is 4.86. The van der Waals surface area contributed by atoms with Gasteiger partial charge in [0.25, 0.3) is 0 Å². The molecule has 0 aliphatic heterocycles. The van der Waals surface area contributed by atoms with Crippen molar-refractivity contribution in [2.45, 2.75) is 33.7 Å². The van der Waals surface area contributed by atoms with Gasteiger partial charge in [0.05, 0.1) is 16.8 Å². The van der Waals surface area contributed by atoms with Crippen molar-refractivity contribution in [3.05, 3.63) is 59.2 Å². The molecule has 2 aromatic carbocycles. The lowest BCUT2D eigenvalue weighted by molar-refractivity contribution is -0.118. The molecule has 3 aromatic rings. The fourth-order valence-electron chi connectivity index (χ4n) is 2.69. The number of carbonyl (C=O) groups excluding carboxylic acids is 1. The molecule has 0 fully saturated rings. The van der Waals surface area contributed by atoms with Crippen molar-refractivity contribution in [3.63, 3.8) is 0 Å². The highest BCUT2D eigenvalue weighted by molar-refractivity contribution is 7.22. The molecule has 0 aliphatic carbocycles. The van der Waals surface area contributed by atoms with E-state index >= 15 is 0 Å². The molecule has 0 radical (unpaired) electrons. The molecule has 0 spiro atoms. The Morgan fingerprint density at radius 2 is 1.91 bits per heavy atom. The van der Waals surface area contributed by atoms with Crippen molar-refractivity contribution in [1.82, 2.24) is 4.98 Å². The van der Waals surface area contributed by atoms with Gasteiger partial charge in [-0.2, -0.15) is 0 Å². The number of nitrogens with zero attached hydrogens (tertiary/aromatic N) is 2. The molecule has 1 amide bonds. The highest BCUT2D eigenvalue weighted by Gasteiger charge is 2.19. The van der Waals surface area contributed by atoms with Gasteiger partial charge in [0.2, 0.25) is 5.91 Å². The van der Waals surface area contributed by atoms with Gasteiger partial charge in [-0.3, -0.25) is 9.69 Å². The van der Waals surface area contributed by atoms with Gasteiger partial charge in [0, 0.05) is 6.42 Å². The van der Waals surface area contributed by atoms with Crippen LogP contribution < -0.4 is 4.90 Å². The number of anilines is 1. The molecule has 3 rings (SSSR count). The van der Waals surface area contributed by atoms with E-state index in [1.165, 1.54) is 5.56 Å². The van der Waals surface area contributed by atoms with Gasteiger partial charge in [-0.1, -0.05) is 54.7 Å². The first-order valence-electron chi connectivity index (χ1n) is 7.80. The highest BCUT2D eigenvalue weighted by Crippen LogP contribution is 2.32. The summed E-state index contributed by atoms with van der Waals surface area (Å²) in [5.74, 6) is 0.0993. The normalized spacial score (nSPS) is 10.9. The number of rotatable bonds is 4. The number of benzene rings is 2. The molecule has 1 heterocycles. The Morgan fingerprint density at radius 1 is 1.17 bits per heavy atom. The minimum atomic E-state index is 0.0993. The Morgan fingerprint density at radius 3 is 2.61 bits per heavy atom. The molecular formula is C19H20N2OS. The quantitative estimate of drug-likeness (QED) is 0.687. The third-order valence-electron chi connectivity index (χ3n) is 3.84. The fraction of sp³-hybridized carbons (Fsp3) is 0.263. The molecule has 0 bridgehead atoms. The molecule has 0 aliphatic rings. The Kier molecular flexibility index (Phi) is 4.44. The molecule has 118 valence electrons. The third kappa shape index (κ3) is 3.27. The van der Waals surface area contributed by atoms with E-state index in [1.54, 1.807) is 16.2 Å². The van der Waals surface area contributed by atoms with Crippen LogP contribution in [0.2, 0.25) is 0 Å². The molecule has 0 saturated heterocycles. The summed E-state index contributed by atoms with van der Waals surface area (Å²) in [4.78, 5) is 19.0. The van der Waals surface area contributed by atoms with Crippen LogP contribution in [0.1, 0.15) is 30.0 Å². The Bertz CT molecular complexity index is 839. The van der Waals surface area contributed by atoms with E-state index < -0.39 is 0 Å². The van der Waals surface area contributed by atoms with Gasteiger partial charge in [-0.05, 0) is 36.6 Å². The predicted molar refractivity (Wildman–Crippen MR) is 97.0 cm³/mol. The summed E-state index contributed by atoms with van der Waals surface area (Å²) in [5, 5.41) is 0.782. The van der Waals surface area contributed by atoms with E-state index in [2.05, 4.69) is 26.0 Å². The highest BCUT2D eigenvalue weighted by atomic mass is 32.1. The largest absolute Gasteiger partial charge is 0.284 e. The number of hydrogen-bond donors (Lipinski definition) is 0. The number of amides is 1. The van der Waals surface area contributed by atoms with E-state index in [4.69, 9.17) is 4.98 Å². The van der Waals surface area contributed by atoms with Crippen molar-refractivity contribution in [2.24, 2.45) is 0 Å². The summed E-state index contributed by atoms with van der Waals surface area (Å²) >= 11 is 1.59. The van der Waals surface area contributed by atoms with Crippen molar-refractivity contribution in [1.29, 1.82) is 0 Å². The van der Waals surface area contributed by atoms with Crippen LogP contribution in [0.15, 0.2) is 42.5 Å². The standard InChI is InChI=1S/C19H20N2OS/c1-4-17(22)21(12-15-8-6-5-7-9-15)19-20-18-14(3)10-13(2)11-16(18)23-19/h5-11H,4,12H2,1-3H3. The number of hydrogen-bond acceptors (Lipinski definition) is 3. The van der Waals surface area contributed by atoms with E-state index in [9.17, 15) is 4.79 Å². The minimum Gasteiger partial charge on any atom is -0.284 e. The topological polar surface area (TPSA) is 33.2 Å². The number of aromatic nitrogens is 1. The van der Waals surface area contributed by atoms with Gasteiger partial charge in [0.1, 0.15) is 0 Å². The summed E-state index contributed by atoms with van der Waals surface area (Å²) in [6.07, 6.45) is 0.473. The van der Waals surface area contributed by atoms with Crippen LogP contribution in [-0.2, 0) is 11.3 Å². The number of aryl methyl sites for hydroxylation is 2. The molecule has 0 atom stereocenters. The monoisotopic (exact) mass is 324 g/mol. The second kappa shape index (κ2) is 6.50. The van der Waals surface area contributed by atoms with Crippen LogP contribution in [0.25, 0.3) is 10.2 Å². The number of thiazole rings is 1. The summed E-state index contributed by atoms with van der Waals surface area (Å²) in [6.45, 7) is 6.61. The molecule has 3 nitrogen and oxygen atoms in total. The van der Waals surface area contributed by atoms with Crippen LogP contribution in [-0.4, -0.2) is 10.9 Å². The second-order valence-electron chi connectivity index (χ2n) is 5.74. The maximum Gasteiger partial charge on any atom is 0.228 e. The van der Waals surface area contributed by atoms with Crippen LogP contribution in [0.5, 0.6) is 0 Å². The average molecular weight is 324 g/mol. The first kappa shape index (κ1) is 15.7. The Hall–Kier alpha value is -2.20. The smallest absolute Gasteiger partial charge is 0.228 e. The van der Waals surface area contributed by atoms with Gasteiger partial charge >= 0.3 is 0 Å². The van der Waals surface area contributed by atoms with E-state index in [1.807, 2.05) is 37.3 Å². The van der Waals surface area contributed by atoms with E-state index in [0.29, 0.717) is 13.0 Å². The van der Waals surface area contributed by atoms with Crippen molar-refractivity contribution in [2.75, 3.05) is 4.90 Å². The van der Waals surface area contributed by atoms with Gasteiger partial charge in [-0.25, -0.2) is 4.98 Å². The SMILES string of the molecule is CCC(=O)N(Cc1ccccc1)c1nc2c(C)cc(C)cc2s1. The lowest BCUT2D eigenvalue weighted by atomic mass is 10.1.